The number of H-pyrrole nitrogens is 2. The highest BCUT2D eigenvalue weighted by Gasteiger charge is 2.06. The van der Waals surface area contributed by atoms with E-state index in [9.17, 15) is 14.4 Å². The van der Waals surface area contributed by atoms with Crippen LogP contribution in [0.15, 0.2) is 35.3 Å². The molecule has 7 heteroatoms. The second kappa shape index (κ2) is 6.57. The van der Waals surface area contributed by atoms with Crippen LogP contribution in [0, 0.1) is 0 Å². The Bertz CT molecular complexity index is 879. The SMILES string of the molecule is CCC(=O)O.O=CNc1ccc2[nH]c(=O)c3[nH]ccc3c2c1. The van der Waals surface area contributed by atoms with E-state index in [1.807, 2.05) is 12.1 Å². The highest BCUT2D eigenvalue weighted by molar-refractivity contribution is 6.05. The van der Waals surface area contributed by atoms with Crippen LogP contribution in [-0.2, 0) is 9.59 Å². The maximum Gasteiger partial charge on any atom is 0.303 e. The number of nitrogens with one attached hydrogen (secondary N) is 3. The smallest absolute Gasteiger partial charge is 0.303 e. The molecule has 0 bridgehead atoms. The number of rotatable bonds is 3. The number of benzene rings is 1. The highest BCUT2D eigenvalue weighted by atomic mass is 16.4. The Kier molecular flexibility index (Phi) is 4.57. The van der Waals surface area contributed by atoms with Crippen molar-refractivity contribution in [1.29, 1.82) is 0 Å². The molecular formula is C15H15N3O4. The molecule has 0 spiro atoms. The fraction of sp³-hybridized carbons (Fsp3) is 0.133. The van der Waals surface area contributed by atoms with Gasteiger partial charge in [0.25, 0.3) is 5.56 Å². The zero-order chi connectivity index (χ0) is 16.1. The Morgan fingerprint density at radius 3 is 2.68 bits per heavy atom. The number of carboxylic acids is 1. The number of carbonyl (C=O) groups is 2. The molecule has 0 aliphatic heterocycles. The summed E-state index contributed by atoms with van der Waals surface area (Å²) >= 11 is 0. The molecule has 7 nitrogen and oxygen atoms in total. The number of aromatic nitrogens is 2. The summed E-state index contributed by atoms with van der Waals surface area (Å²) in [5.74, 6) is -0.745. The molecule has 0 unspecified atom stereocenters. The van der Waals surface area contributed by atoms with Gasteiger partial charge < -0.3 is 20.4 Å². The lowest BCUT2D eigenvalue weighted by molar-refractivity contribution is -0.136. The number of aliphatic carboxylic acids is 1. The van der Waals surface area contributed by atoms with E-state index in [1.54, 1.807) is 25.3 Å². The summed E-state index contributed by atoms with van der Waals surface area (Å²) in [6.07, 6.45) is 2.57. The summed E-state index contributed by atoms with van der Waals surface area (Å²) in [5, 5.41) is 12.1. The van der Waals surface area contributed by atoms with Crippen LogP contribution in [-0.4, -0.2) is 27.5 Å². The molecule has 1 amide bonds. The van der Waals surface area contributed by atoms with Crippen LogP contribution in [0.4, 0.5) is 5.69 Å². The van der Waals surface area contributed by atoms with Crippen molar-refractivity contribution in [3.63, 3.8) is 0 Å². The van der Waals surface area contributed by atoms with Gasteiger partial charge in [-0.3, -0.25) is 14.4 Å². The molecule has 3 rings (SSSR count). The number of fused-ring (bicyclic) bond motifs is 3. The zero-order valence-electron chi connectivity index (χ0n) is 11.8. The lowest BCUT2D eigenvalue weighted by Gasteiger charge is -2.03. The predicted octanol–water partition coefficient (Wildman–Crippen LogP) is 2.06. The number of anilines is 1. The van der Waals surface area contributed by atoms with Crippen molar-refractivity contribution in [2.75, 3.05) is 5.32 Å². The van der Waals surface area contributed by atoms with Gasteiger partial charge in [-0.05, 0) is 24.3 Å². The van der Waals surface area contributed by atoms with E-state index in [4.69, 9.17) is 5.11 Å². The predicted molar refractivity (Wildman–Crippen MR) is 84.0 cm³/mol. The number of hydrogen-bond donors (Lipinski definition) is 4. The molecule has 0 aliphatic carbocycles. The Hall–Kier alpha value is -3.09. The van der Waals surface area contributed by atoms with Crippen LogP contribution >= 0.6 is 0 Å². The standard InChI is InChI=1S/C12H9N3O2.C3H6O2/c16-6-14-7-1-2-10-9(5-7)8-3-4-13-11(8)12(17)15-10;1-2-3(4)5/h1-6,13H,(H,14,16)(H,15,17);2H2,1H3,(H,4,5). The number of amides is 1. The number of aromatic amines is 2. The van der Waals surface area contributed by atoms with Crippen LogP contribution in [0.25, 0.3) is 21.8 Å². The Morgan fingerprint density at radius 1 is 1.32 bits per heavy atom. The first kappa shape index (κ1) is 15.3. The minimum atomic E-state index is -0.745. The first-order chi connectivity index (χ1) is 10.6. The van der Waals surface area contributed by atoms with Crippen molar-refractivity contribution in [3.8, 4) is 0 Å². The van der Waals surface area contributed by atoms with Gasteiger partial charge in [0.05, 0.1) is 0 Å². The average Bonchev–Trinajstić information content (AvgIpc) is 2.99. The summed E-state index contributed by atoms with van der Waals surface area (Å²) in [4.78, 5) is 37.2. The maximum absolute atomic E-state index is 11.7. The molecule has 22 heavy (non-hydrogen) atoms. The summed E-state index contributed by atoms with van der Waals surface area (Å²) < 4.78 is 0. The number of carbonyl (C=O) groups excluding carboxylic acids is 1. The normalized spacial score (nSPS) is 10.0. The van der Waals surface area contributed by atoms with Gasteiger partial charge in [-0.1, -0.05) is 6.92 Å². The lowest BCUT2D eigenvalue weighted by atomic mass is 10.1. The fourth-order valence-electron chi connectivity index (χ4n) is 2.00. The van der Waals surface area contributed by atoms with Crippen LogP contribution < -0.4 is 10.9 Å². The van der Waals surface area contributed by atoms with Crippen molar-refractivity contribution in [2.45, 2.75) is 13.3 Å². The van der Waals surface area contributed by atoms with Crippen LogP contribution in [0.2, 0.25) is 0 Å². The maximum atomic E-state index is 11.7. The second-order valence-electron chi connectivity index (χ2n) is 4.49. The van der Waals surface area contributed by atoms with Gasteiger partial charge in [0.2, 0.25) is 6.41 Å². The minimum absolute atomic E-state index is 0.145. The molecule has 1 aromatic carbocycles. The molecule has 2 aromatic heterocycles. The van der Waals surface area contributed by atoms with Crippen molar-refractivity contribution in [1.82, 2.24) is 9.97 Å². The van der Waals surface area contributed by atoms with Crippen molar-refractivity contribution < 1.29 is 14.7 Å². The largest absolute Gasteiger partial charge is 0.481 e. The molecule has 3 aromatic rings. The third-order valence-corrected chi connectivity index (χ3v) is 3.06. The molecular weight excluding hydrogens is 286 g/mol. The summed E-state index contributed by atoms with van der Waals surface area (Å²) in [6.45, 7) is 1.60. The van der Waals surface area contributed by atoms with Crippen LogP contribution in [0.3, 0.4) is 0 Å². The molecule has 114 valence electrons. The van der Waals surface area contributed by atoms with E-state index in [1.165, 1.54) is 0 Å². The molecule has 4 N–H and O–H groups in total. The molecule has 0 fully saturated rings. The number of pyridine rings is 1. The van der Waals surface area contributed by atoms with Gasteiger partial charge in [0.15, 0.2) is 0 Å². The monoisotopic (exact) mass is 301 g/mol. The molecule has 0 saturated heterocycles. The zero-order valence-corrected chi connectivity index (χ0v) is 11.8. The van der Waals surface area contributed by atoms with E-state index in [2.05, 4.69) is 15.3 Å². The molecule has 0 saturated carbocycles. The van der Waals surface area contributed by atoms with Gasteiger partial charge in [-0.25, -0.2) is 0 Å². The number of carboxylic acid groups (broad SMARTS) is 1. The topological polar surface area (TPSA) is 115 Å². The van der Waals surface area contributed by atoms with E-state index in [0.29, 0.717) is 17.6 Å². The van der Waals surface area contributed by atoms with Crippen molar-refractivity contribution in [2.24, 2.45) is 0 Å². The first-order valence-corrected chi connectivity index (χ1v) is 6.62. The van der Waals surface area contributed by atoms with Gasteiger partial charge in [0.1, 0.15) is 5.52 Å². The lowest BCUT2D eigenvalue weighted by Crippen LogP contribution is -2.06. The third kappa shape index (κ3) is 3.14. The molecule has 2 heterocycles. The summed E-state index contributed by atoms with van der Waals surface area (Å²) in [7, 11) is 0. The van der Waals surface area contributed by atoms with Crippen LogP contribution in [0.1, 0.15) is 13.3 Å². The van der Waals surface area contributed by atoms with E-state index in [-0.39, 0.29) is 12.0 Å². The van der Waals surface area contributed by atoms with Crippen molar-refractivity contribution in [3.05, 3.63) is 40.8 Å². The van der Waals surface area contributed by atoms with Gasteiger partial charge in [-0.2, -0.15) is 0 Å². The van der Waals surface area contributed by atoms with Gasteiger partial charge >= 0.3 is 5.97 Å². The van der Waals surface area contributed by atoms with Gasteiger partial charge in [-0.15, -0.1) is 0 Å². The fourth-order valence-corrected chi connectivity index (χ4v) is 2.00. The highest BCUT2D eigenvalue weighted by Crippen LogP contribution is 2.23. The number of hydrogen-bond acceptors (Lipinski definition) is 3. The summed E-state index contributed by atoms with van der Waals surface area (Å²) in [6, 6.07) is 7.19. The Morgan fingerprint density at radius 2 is 2.05 bits per heavy atom. The molecule has 0 aliphatic rings. The van der Waals surface area contributed by atoms with Gasteiger partial charge in [0, 0.05) is 34.6 Å². The first-order valence-electron chi connectivity index (χ1n) is 6.62. The van der Waals surface area contributed by atoms with E-state index < -0.39 is 5.97 Å². The van der Waals surface area contributed by atoms with Crippen molar-refractivity contribution >= 4 is 39.9 Å². The molecule has 0 atom stereocenters. The second-order valence-corrected chi connectivity index (χ2v) is 4.49. The summed E-state index contributed by atoms with van der Waals surface area (Å²) in [5.41, 5.74) is 1.84. The third-order valence-electron chi connectivity index (χ3n) is 3.06. The molecule has 0 radical (unpaired) electrons. The average molecular weight is 301 g/mol. The van der Waals surface area contributed by atoms with E-state index in [0.717, 1.165) is 16.3 Å². The Labute approximate surface area is 125 Å². The van der Waals surface area contributed by atoms with E-state index >= 15 is 0 Å². The van der Waals surface area contributed by atoms with Crippen LogP contribution in [0.5, 0.6) is 0 Å². The Balaban J connectivity index is 0.000000309. The minimum Gasteiger partial charge on any atom is -0.481 e. The quantitative estimate of drug-likeness (QED) is 0.554.